The molecule has 0 bridgehead atoms. The second-order valence-electron chi connectivity index (χ2n) is 7.94. The van der Waals surface area contributed by atoms with E-state index in [2.05, 4.69) is 30.3 Å². The summed E-state index contributed by atoms with van der Waals surface area (Å²) in [7, 11) is 1.66. The van der Waals surface area contributed by atoms with Crippen molar-refractivity contribution >= 4 is 44.5 Å². The highest BCUT2D eigenvalue weighted by Crippen LogP contribution is 2.29. The van der Waals surface area contributed by atoms with Crippen LogP contribution < -0.4 is 15.8 Å². The molecule has 0 unspecified atom stereocenters. The fraction of sp³-hybridized carbons (Fsp3) is 0.364. The van der Waals surface area contributed by atoms with Gasteiger partial charge in [-0.05, 0) is 43.4 Å². The molecule has 1 fully saturated rings. The molecule has 1 aliphatic rings. The van der Waals surface area contributed by atoms with E-state index in [0.29, 0.717) is 22.1 Å². The number of nitrogens with one attached hydrogen (secondary N) is 1. The van der Waals surface area contributed by atoms with Gasteiger partial charge in [-0.25, -0.2) is 4.98 Å². The molecule has 34 heavy (non-hydrogen) atoms. The van der Waals surface area contributed by atoms with E-state index in [1.54, 1.807) is 18.8 Å². The van der Waals surface area contributed by atoms with Gasteiger partial charge in [-0.3, -0.25) is 14.2 Å². The molecule has 0 spiro atoms. The van der Waals surface area contributed by atoms with E-state index in [-0.39, 0.29) is 23.9 Å². The number of fused-ring (bicyclic) bond motifs is 1. The Hall–Kier alpha value is -3.25. The zero-order valence-electron chi connectivity index (χ0n) is 18.7. The van der Waals surface area contributed by atoms with E-state index in [1.807, 2.05) is 30.5 Å². The first-order valence-electron chi connectivity index (χ1n) is 10.8. The Morgan fingerprint density at radius 1 is 1.24 bits per heavy atom. The highest BCUT2D eigenvalue weighted by Gasteiger charge is 2.26. The zero-order chi connectivity index (χ0) is 23.7. The monoisotopic (exact) mass is 497 g/mol. The summed E-state index contributed by atoms with van der Waals surface area (Å²) >= 11 is 2.99. The van der Waals surface area contributed by atoms with Crippen molar-refractivity contribution in [1.82, 2.24) is 30.0 Å². The summed E-state index contributed by atoms with van der Waals surface area (Å²) in [6.45, 7) is 1.56. The van der Waals surface area contributed by atoms with Crippen molar-refractivity contribution in [3.8, 4) is 11.4 Å². The molecule has 1 N–H and O–H groups in total. The topological polar surface area (TPSA) is 119 Å². The average molecular weight is 498 g/mol. The fourth-order valence-corrected chi connectivity index (χ4v) is 5.37. The SMILES string of the molecule is CNC(=O)C1CCN(c2nc3ncn(Cc4nc(-c5ccc(SC)cc5)no4)c(=O)c3s2)CC1. The number of amides is 1. The molecule has 176 valence electrons. The van der Waals surface area contributed by atoms with Crippen LogP contribution in [0.25, 0.3) is 21.7 Å². The van der Waals surface area contributed by atoms with Crippen LogP contribution in [-0.2, 0) is 11.3 Å². The number of rotatable bonds is 6. The zero-order valence-corrected chi connectivity index (χ0v) is 20.4. The Morgan fingerprint density at radius 3 is 2.71 bits per heavy atom. The molecule has 0 atom stereocenters. The summed E-state index contributed by atoms with van der Waals surface area (Å²) in [5.74, 6) is 0.904. The number of thiazole rings is 1. The van der Waals surface area contributed by atoms with E-state index in [9.17, 15) is 9.59 Å². The highest BCUT2D eigenvalue weighted by molar-refractivity contribution is 7.98. The Morgan fingerprint density at radius 2 is 2.00 bits per heavy atom. The second kappa shape index (κ2) is 9.55. The largest absolute Gasteiger partial charge is 0.359 e. The molecule has 4 aromatic rings. The summed E-state index contributed by atoms with van der Waals surface area (Å²) in [5, 5.41) is 7.51. The Kier molecular flexibility index (Phi) is 6.33. The fourth-order valence-electron chi connectivity index (χ4n) is 3.94. The molecule has 10 nitrogen and oxygen atoms in total. The second-order valence-corrected chi connectivity index (χ2v) is 9.80. The number of carbonyl (C=O) groups excluding carboxylic acids is 1. The summed E-state index contributed by atoms with van der Waals surface area (Å²) in [5.41, 5.74) is 1.08. The number of hydrogen-bond donors (Lipinski definition) is 1. The average Bonchev–Trinajstić information content (AvgIpc) is 3.53. The van der Waals surface area contributed by atoms with Gasteiger partial charge in [0.2, 0.25) is 17.6 Å². The van der Waals surface area contributed by atoms with Crippen LogP contribution in [0.2, 0.25) is 0 Å². The third kappa shape index (κ3) is 4.42. The van der Waals surface area contributed by atoms with Crippen LogP contribution in [0.15, 0.2) is 44.8 Å². The lowest BCUT2D eigenvalue weighted by molar-refractivity contribution is -0.125. The van der Waals surface area contributed by atoms with Gasteiger partial charge >= 0.3 is 0 Å². The molecule has 1 aromatic carbocycles. The Bertz CT molecular complexity index is 1370. The van der Waals surface area contributed by atoms with Gasteiger partial charge in [0.15, 0.2) is 10.8 Å². The van der Waals surface area contributed by atoms with Gasteiger partial charge in [0.05, 0.1) is 0 Å². The minimum Gasteiger partial charge on any atom is -0.359 e. The van der Waals surface area contributed by atoms with Crippen LogP contribution in [0.1, 0.15) is 18.7 Å². The lowest BCUT2D eigenvalue weighted by Crippen LogP contribution is -2.39. The molecule has 4 heterocycles. The number of piperidine rings is 1. The number of aromatic nitrogens is 5. The van der Waals surface area contributed by atoms with Crippen molar-refractivity contribution in [3.63, 3.8) is 0 Å². The number of hydrogen-bond acceptors (Lipinski definition) is 10. The molecule has 5 rings (SSSR count). The standard InChI is InChI=1S/C22H23N7O3S2/c1-23-20(30)14-7-9-28(10-8-14)22-26-19-17(34-22)21(31)29(12-24-19)11-16-25-18(27-32-16)13-3-5-15(33-2)6-4-13/h3-6,12,14H,7-11H2,1-2H3,(H,23,30). The van der Waals surface area contributed by atoms with Crippen molar-refractivity contribution in [1.29, 1.82) is 0 Å². The number of anilines is 1. The number of carbonyl (C=O) groups is 1. The molecule has 0 aliphatic carbocycles. The van der Waals surface area contributed by atoms with E-state index in [4.69, 9.17) is 4.52 Å². The van der Waals surface area contributed by atoms with Crippen molar-refractivity contribution < 1.29 is 9.32 Å². The number of thioether (sulfide) groups is 1. The van der Waals surface area contributed by atoms with E-state index in [1.165, 1.54) is 22.2 Å². The maximum absolute atomic E-state index is 13.1. The van der Waals surface area contributed by atoms with E-state index in [0.717, 1.165) is 41.5 Å². The van der Waals surface area contributed by atoms with Crippen LogP contribution in [0.4, 0.5) is 5.13 Å². The lowest BCUT2D eigenvalue weighted by atomic mass is 9.96. The molecule has 1 saturated heterocycles. The van der Waals surface area contributed by atoms with Gasteiger partial charge in [-0.15, -0.1) is 11.8 Å². The molecule has 1 amide bonds. The molecule has 3 aromatic heterocycles. The van der Waals surface area contributed by atoms with E-state index < -0.39 is 0 Å². The quantitative estimate of drug-likeness (QED) is 0.401. The van der Waals surface area contributed by atoms with Crippen molar-refractivity contribution in [2.45, 2.75) is 24.3 Å². The predicted octanol–water partition coefficient (Wildman–Crippen LogP) is 2.64. The Labute approximate surface area is 203 Å². The normalized spacial score (nSPS) is 14.6. The third-order valence-electron chi connectivity index (χ3n) is 5.88. The predicted molar refractivity (Wildman–Crippen MR) is 131 cm³/mol. The van der Waals surface area contributed by atoms with Gasteiger partial charge in [-0.1, -0.05) is 16.5 Å². The minimum absolute atomic E-state index is 0.0220. The van der Waals surface area contributed by atoms with Crippen molar-refractivity contribution in [2.75, 3.05) is 31.3 Å². The van der Waals surface area contributed by atoms with Crippen LogP contribution in [-0.4, -0.2) is 57.0 Å². The van der Waals surface area contributed by atoms with Gasteiger partial charge < -0.3 is 14.7 Å². The maximum atomic E-state index is 13.1. The van der Waals surface area contributed by atoms with Crippen LogP contribution >= 0.6 is 23.1 Å². The van der Waals surface area contributed by atoms with Gasteiger partial charge in [0.25, 0.3) is 5.56 Å². The van der Waals surface area contributed by atoms with Gasteiger partial charge in [0, 0.05) is 36.5 Å². The minimum atomic E-state index is -0.196. The summed E-state index contributed by atoms with van der Waals surface area (Å²) < 4.78 is 7.32. The molecule has 12 heteroatoms. The molecular weight excluding hydrogens is 474 g/mol. The number of nitrogens with zero attached hydrogens (tertiary/aromatic N) is 6. The lowest BCUT2D eigenvalue weighted by Gasteiger charge is -2.30. The molecule has 1 aliphatic heterocycles. The Balaban J connectivity index is 1.32. The highest BCUT2D eigenvalue weighted by atomic mass is 32.2. The van der Waals surface area contributed by atoms with Crippen molar-refractivity contribution in [2.24, 2.45) is 5.92 Å². The van der Waals surface area contributed by atoms with Crippen molar-refractivity contribution in [3.05, 3.63) is 46.8 Å². The van der Waals surface area contributed by atoms with Gasteiger partial charge in [-0.2, -0.15) is 9.97 Å². The molecule has 0 radical (unpaired) electrons. The summed E-state index contributed by atoms with van der Waals surface area (Å²) in [4.78, 5) is 41.6. The van der Waals surface area contributed by atoms with Crippen LogP contribution in [0.3, 0.4) is 0 Å². The first-order valence-corrected chi connectivity index (χ1v) is 12.9. The number of benzene rings is 1. The first kappa shape index (κ1) is 22.5. The maximum Gasteiger partial charge on any atom is 0.273 e. The summed E-state index contributed by atoms with van der Waals surface area (Å²) in [6.07, 6.45) is 4.99. The summed E-state index contributed by atoms with van der Waals surface area (Å²) in [6, 6.07) is 7.88. The molecule has 0 saturated carbocycles. The third-order valence-corrected chi connectivity index (χ3v) is 7.71. The van der Waals surface area contributed by atoms with Crippen LogP contribution in [0, 0.1) is 5.92 Å². The first-order chi connectivity index (χ1) is 16.6. The molecular formula is C22H23N7O3S2. The van der Waals surface area contributed by atoms with E-state index >= 15 is 0 Å². The van der Waals surface area contributed by atoms with Crippen LogP contribution in [0.5, 0.6) is 0 Å². The van der Waals surface area contributed by atoms with Gasteiger partial charge in [0.1, 0.15) is 17.6 Å². The smallest absolute Gasteiger partial charge is 0.273 e.